The molecule has 1 aromatic heterocycles. The third kappa shape index (κ3) is 4.21. The van der Waals surface area contributed by atoms with E-state index in [1.165, 1.54) is 0 Å². The van der Waals surface area contributed by atoms with Gasteiger partial charge in [0.2, 0.25) is 11.8 Å². The van der Waals surface area contributed by atoms with Crippen molar-refractivity contribution >= 4 is 17.5 Å². The van der Waals surface area contributed by atoms with E-state index in [1.807, 2.05) is 42.5 Å². The molecule has 3 aromatic rings. The van der Waals surface area contributed by atoms with E-state index in [1.54, 1.807) is 6.26 Å². The second-order valence-corrected chi connectivity index (χ2v) is 7.04. The summed E-state index contributed by atoms with van der Waals surface area (Å²) in [4.78, 5) is 19.0. The summed E-state index contributed by atoms with van der Waals surface area (Å²) in [6.07, 6.45) is 2.11. The Hall–Kier alpha value is -2.63. The van der Waals surface area contributed by atoms with E-state index in [0.29, 0.717) is 30.4 Å². The average Bonchev–Trinajstić information content (AvgIpc) is 3.07. The lowest BCUT2D eigenvalue weighted by molar-refractivity contribution is -0.121. The third-order valence-electron chi connectivity index (χ3n) is 4.71. The van der Waals surface area contributed by atoms with Crippen LogP contribution in [-0.4, -0.2) is 28.9 Å². The van der Waals surface area contributed by atoms with Crippen molar-refractivity contribution in [1.29, 1.82) is 0 Å². The Morgan fingerprint density at radius 2 is 2.04 bits per heavy atom. The molecule has 0 spiro atoms. The molecule has 1 fully saturated rings. The van der Waals surface area contributed by atoms with Crippen LogP contribution in [0.5, 0.6) is 0 Å². The van der Waals surface area contributed by atoms with E-state index < -0.39 is 0 Å². The molecule has 27 heavy (non-hydrogen) atoms. The van der Waals surface area contributed by atoms with Gasteiger partial charge in [0.05, 0.1) is 5.69 Å². The molecule has 0 aliphatic carbocycles. The Morgan fingerprint density at radius 3 is 2.85 bits per heavy atom. The van der Waals surface area contributed by atoms with Crippen LogP contribution < -0.4 is 5.32 Å². The highest BCUT2D eigenvalue weighted by Crippen LogP contribution is 2.28. The highest BCUT2D eigenvalue weighted by Gasteiger charge is 2.27. The van der Waals surface area contributed by atoms with Gasteiger partial charge in [-0.3, -0.25) is 9.69 Å². The average molecular weight is 382 g/mol. The zero-order chi connectivity index (χ0) is 18.6. The monoisotopic (exact) mass is 381 g/mol. The number of hydrogen-bond donors (Lipinski definition) is 1. The summed E-state index contributed by atoms with van der Waals surface area (Å²) >= 11 is 6.06. The zero-order valence-electron chi connectivity index (χ0n) is 14.8. The van der Waals surface area contributed by atoms with Crippen molar-refractivity contribution in [2.45, 2.75) is 19.0 Å². The van der Waals surface area contributed by atoms with Crippen molar-refractivity contribution in [1.82, 2.24) is 15.2 Å². The second kappa shape index (κ2) is 7.94. The van der Waals surface area contributed by atoms with Crippen molar-refractivity contribution < 1.29 is 9.21 Å². The molecule has 1 amide bonds. The van der Waals surface area contributed by atoms with Crippen LogP contribution in [0.25, 0.3) is 11.5 Å². The Bertz CT molecular complexity index is 926. The Labute approximate surface area is 163 Å². The number of oxazole rings is 1. The number of halogens is 1. The van der Waals surface area contributed by atoms with Crippen molar-refractivity contribution in [2.75, 3.05) is 13.1 Å². The maximum atomic E-state index is 12.1. The lowest BCUT2D eigenvalue weighted by Gasteiger charge is -2.28. The number of benzene rings is 2. The Morgan fingerprint density at radius 1 is 1.19 bits per heavy atom. The van der Waals surface area contributed by atoms with E-state index >= 15 is 0 Å². The highest BCUT2D eigenvalue weighted by atomic mass is 35.5. The van der Waals surface area contributed by atoms with Crippen LogP contribution in [-0.2, 0) is 11.3 Å². The van der Waals surface area contributed by atoms with Gasteiger partial charge in [0, 0.05) is 42.7 Å². The van der Waals surface area contributed by atoms with Gasteiger partial charge in [0.25, 0.3) is 0 Å². The minimum Gasteiger partial charge on any atom is -0.444 e. The Balaban J connectivity index is 1.57. The number of carbonyl (C=O) groups excluding carboxylic acids is 1. The second-order valence-electron chi connectivity index (χ2n) is 6.61. The molecule has 4 rings (SSSR count). The first-order valence-electron chi connectivity index (χ1n) is 8.95. The van der Waals surface area contributed by atoms with Crippen LogP contribution in [0.15, 0.2) is 65.3 Å². The van der Waals surface area contributed by atoms with Crippen LogP contribution in [0, 0.1) is 0 Å². The topological polar surface area (TPSA) is 58.4 Å². The number of aromatic nitrogens is 1. The molecule has 1 aliphatic heterocycles. The van der Waals surface area contributed by atoms with Gasteiger partial charge in [0.1, 0.15) is 6.26 Å². The molecule has 1 atom stereocenters. The lowest BCUT2D eigenvalue weighted by Crippen LogP contribution is -2.30. The summed E-state index contributed by atoms with van der Waals surface area (Å²) in [6.45, 7) is 1.99. The number of amides is 1. The maximum absolute atomic E-state index is 12.1. The number of nitrogens with zero attached hydrogens (tertiary/aromatic N) is 2. The molecule has 0 radical (unpaired) electrons. The highest BCUT2D eigenvalue weighted by molar-refractivity contribution is 6.30. The van der Waals surface area contributed by atoms with Gasteiger partial charge in [-0.05, 0) is 23.8 Å². The largest absolute Gasteiger partial charge is 0.444 e. The van der Waals surface area contributed by atoms with E-state index in [0.717, 1.165) is 23.4 Å². The molecule has 1 aliphatic rings. The zero-order valence-corrected chi connectivity index (χ0v) is 15.5. The molecule has 2 aromatic carbocycles. The lowest BCUT2D eigenvalue weighted by atomic mass is 10.0. The molecular formula is C21H20ClN3O2. The van der Waals surface area contributed by atoms with Crippen molar-refractivity contribution in [3.63, 3.8) is 0 Å². The van der Waals surface area contributed by atoms with Crippen molar-refractivity contribution in [3.05, 3.63) is 77.1 Å². The van der Waals surface area contributed by atoms with E-state index in [2.05, 4.69) is 27.3 Å². The first kappa shape index (κ1) is 17.8. The van der Waals surface area contributed by atoms with Crippen molar-refractivity contribution in [2.24, 2.45) is 0 Å². The fourth-order valence-corrected chi connectivity index (χ4v) is 3.60. The van der Waals surface area contributed by atoms with Gasteiger partial charge < -0.3 is 9.73 Å². The maximum Gasteiger partial charge on any atom is 0.226 e. The molecule has 138 valence electrons. The molecule has 1 N–H and O–H groups in total. The summed E-state index contributed by atoms with van der Waals surface area (Å²) in [5.41, 5.74) is 2.81. The normalized spacial score (nSPS) is 18.1. The van der Waals surface area contributed by atoms with Gasteiger partial charge in [-0.25, -0.2) is 4.98 Å². The predicted molar refractivity (Wildman–Crippen MR) is 104 cm³/mol. The fourth-order valence-electron chi connectivity index (χ4n) is 3.41. The summed E-state index contributed by atoms with van der Waals surface area (Å²) in [7, 11) is 0. The van der Waals surface area contributed by atoms with Crippen LogP contribution in [0.1, 0.15) is 23.7 Å². The Kier molecular flexibility index (Phi) is 5.23. The molecule has 1 saturated heterocycles. The van der Waals surface area contributed by atoms with Crippen LogP contribution in [0.3, 0.4) is 0 Å². The van der Waals surface area contributed by atoms with Gasteiger partial charge in [-0.1, -0.05) is 48.0 Å². The molecule has 1 unspecified atom stereocenters. The van der Waals surface area contributed by atoms with Gasteiger partial charge in [-0.15, -0.1) is 0 Å². The molecular weight excluding hydrogens is 362 g/mol. The first-order chi connectivity index (χ1) is 13.2. The van der Waals surface area contributed by atoms with E-state index in [9.17, 15) is 4.79 Å². The van der Waals surface area contributed by atoms with Crippen LogP contribution in [0.2, 0.25) is 5.02 Å². The molecule has 5 nitrogen and oxygen atoms in total. The predicted octanol–water partition coefficient (Wildman–Crippen LogP) is 4.06. The van der Waals surface area contributed by atoms with Crippen molar-refractivity contribution in [3.8, 4) is 11.5 Å². The van der Waals surface area contributed by atoms with Gasteiger partial charge in [0.15, 0.2) is 0 Å². The summed E-state index contributed by atoms with van der Waals surface area (Å²) < 4.78 is 5.66. The quantitative estimate of drug-likeness (QED) is 0.740. The molecule has 0 saturated carbocycles. The minimum atomic E-state index is 0.0139. The number of nitrogens with one attached hydrogen (secondary N) is 1. The van der Waals surface area contributed by atoms with E-state index in [4.69, 9.17) is 16.0 Å². The number of carbonyl (C=O) groups is 1. The van der Waals surface area contributed by atoms with Crippen LogP contribution >= 0.6 is 11.6 Å². The smallest absolute Gasteiger partial charge is 0.226 e. The van der Waals surface area contributed by atoms with E-state index in [-0.39, 0.29) is 11.9 Å². The summed E-state index contributed by atoms with van der Waals surface area (Å²) in [6, 6.07) is 17.6. The standard InChI is InChI=1S/C21H20ClN3O2/c22-17-8-4-7-16(11-17)21-24-18(14-27-21)13-25-10-9-23-20(26)12-19(25)15-5-2-1-3-6-15/h1-8,11,14,19H,9-10,12-13H2,(H,23,26). The van der Waals surface area contributed by atoms with Gasteiger partial charge >= 0.3 is 0 Å². The third-order valence-corrected chi connectivity index (χ3v) is 4.95. The number of hydrogen-bond acceptors (Lipinski definition) is 4. The summed E-state index contributed by atoms with van der Waals surface area (Å²) in [5, 5.41) is 3.60. The molecule has 2 heterocycles. The molecule has 0 bridgehead atoms. The SMILES string of the molecule is O=C1CC(c2ccccc2)N(Cc2coc(-c3cccc(Cl)c3)n2)CCN1. The van der Waals surface area contributed by atoms with Crippen LogP contribution in [0.4, 0.5) is 0 Å². The number of rotatable bonds is 4. The minimum absolute atomic E-state index is 0.0139. The van der Waals surface area contributed by atoms with Gasteiger partial charge in [-0.2, -0.15) is 0 Å². The molecule has 6 heteroatoms. The summed E-state index contributed by atoms with van der Waals surface area (Å²) in [5.74, 6) is 0.624. The fraction of sp³-hybridized carbons (Fsp3) is 0.238. The first-order valence-corrected chi connectivity index (χ1v) is 9.33.